The van der Waals surface area contributed by atoms with Crippen LogP contribution in [-0.4, -0.2) is 25.0 Å². The van der Waals surface area contributed by atoms with E-state index in [1.54, 1.807) is 56.8 Å². The average molecular weight is 434 g/mol. The van der Waals surface area contributed by atoms with E-state index in [1.807, 2.05) is 42.5 Å². The van der Waals surface area contributed by atoms with E-state index in [1.165, 1.54) is 4.90 Å². The molecule has 0 aromatic heterocycles. The van der Waals surface area contributed by atoms with E-state index in [0.29, 0.717) is 22.6 Å². The van der Waals surface area contributed by atoms with Crippen molar-refractivity contribution in [3.05, 3.63) is 101 Å². The van der Waals surface area contributed by atoms with Crippen LogP contribution in [0.3, 0.4) is 0 Å². The monoisotopic (exact) mass is 434 g/mol. The van der Waals surface area contributed by atoms with Crippen LogP contribution in [0.5, 0.6) is 11.5 Å². The minimum Gasteiger partial charge on any atom is -0.493 e. The molecule has 1 heterocycles. The Hall–Kier alpha value is -4.48. The van der Waals surface area contributed by atoms with Gasteiger partial charge in [0.05, 0.1) is 26.7 Å². The van der Waals surface area contributed by atoms with Crippen LogP contribution in [0, 0.1) is 23.2 Å². The summed E-state index contributed by atoms with van der Waals surface area (Å²) in [6, 6.07) is 24.4. The molecule has 33 heavy (non-hydrogen) atoms. The van der Waals surface area contributed by atoms with Crippen LogP contribution >= 0.6 is 0 Å². The van der Waals surface area contributed by atoms with Gasteiger partial charge in [-0.3, -0.25) is 9.69 Å². The summed E-state index contributed by atoms with van der Waals surface area (Å²) >= 11 is 0. The van der Waals surface area contributed by atoms with Gasteiger partial charge in [0.25, 0.3) is 5.91 Å². The van der Waals surface area contributed by atoms with Crippen molar-refractivity contribution in [1.82, 2.24) is 4.90 Å². The number of carbonyl (C=O) groups is 1. The Morgan fingerprint density at radius 2 is 1.61 bits per heavy atom. The molecule has 1 atom stereocenters. The van der Waals surface area contributed by atoms with Crippen molar-refractivity contribution in [2.75, 3.05) is 14.2 Å². The van der Waals surface area contributed by atoms with E-state index >= 15 is 0 Å². The topological polar surface area (TPSA) is 62.6 Å². The number of methoxy groups -OCH3 is 2. The normalized spacial score (nSPS) is 16.1. The summed E-state index contributed by atoms with van der Waals surface area (Å²) < 4.78 is 10.9. The number of nitrogens with zero attached hydrogens (tertiary/aromatic N) is 2. The third-order valence-electron chi connectivity index (χ3n) is 5.59. The molecule has 4 rings (SSSR count). The van der Waals surface area contributed by atoms with Crippen molar-refractivity contribution in [3.8, 4) is 29.4 Å². The molecule has 0 saturated carbocycles. The highest BCUT2D eigenvalue weighted by molar-refractivity contribution is 5.97. The van der Waals surface area contributed by atoms with Crippen LogP contribution in [0.2, 0.25) is 0 Å². The number of hydrogen-bond acceptors (Lipinski definition) is 4. The highest BCUT2D eigenvalue weighted by Crippen LogP contribution is 2.44. The first-order chi connectivity index (χ1) is 16.1. The molecule has 0 spiro atoms. The van der Waals surface area contributed by atoms with Crippen LogP contribution in [-0.2, 0) is 5.54 Å². The minimum absolute atomic E-state index is 0.115. The number of ether oxygens (including phenoxy) is 2. The molecule has 0 aliphatic carbocycles. The van der Waals surface area contributed by atoms with Gasteiger partial charge >= 0.3 is 0 Å². The van der Waals surface area contributed by atoms with Gasteiger partial charge in [-0.1, -0.05) is 48.2 Å². The second-order valence-corrected chi connectivity index (χ2v) is 7.47. The molecular formula is C28H22N2O3. The van der Waals surface area contributed by atoms with Gasteiger partial charge in [0.2, 0.25) is 0 Å². The molecule has 0 fully saturated rings. The molecule has 3 aromatic carbocycles. The van der Waals surface area contributed by atoms with Crippen LogP contribution < -0.4 is 9.47 Å². The Bertz CT molecular complexity index is 1300. The van der Waals surface area contributed by atoms with Crippen molar-refractivity contribution in [2.24, 2.45) is 0 Å². The maximum absolute atomic E-state index is 13.5. The molecule has 0 N–H and O–H groups in total. The van der Waals surface area contributed by atoms with Crippen molar-refractivity contribution >= 4 is 12.0 Å². The Balaban J connectivity index is 1.86. The molecule has 3 aromatic rings. The first kappa shape index (κ1) is 21.7. The van der Waals surface area contributed by atoms with E-state index in [4.69, 9.17) is 9.47 Å². The fraction of sp³-hybridized carbons (Fsp3) is 0.143. The fourth-order valence-electron chi connectivity index (χ4n) is 3.89. The van der Waals surface area contributed by atoms with E-state index in [0.717, 1.165) is 11.1 Å². The Morgan fingerprint density at radius 1 is 0.970 bits per heavy atom. The predicted molar refractivity (Wildman–Crippen MR) is 126 cm³/mol. The lowest BCUT2D eigenvalue weighted by Crippen LogP contribution is -2.47. The van der Waals surface area contributed by atoms with Gasteiger partial charge in [-0.05, 0) is 48.0 Å². The number of amides is 1. The molecule has 5 heteroatoms. The molecule has 0 saturated heterocycles. The summed E-state index contributed by atoms with van der Waals surface area (Å²) in [5.74, 6) is 6.99. The lowest BCUT2D eigenvalue weighted by Gasteiger charge is -2.39. The lowest BCUT2D eigenvalue weighted by molar-refractivity contribution is 0.0702. The minimum atomic E-state index is -1.35. The smallest absolute Gasteiger partial charge is 0.259 e. The number of fused-ring (bicyclic) bond motifs is 1. The van der Waals surface area contributed by atoms with Gasteiger partial charge in [-0.25, -0.2) is 0 Å². The summed E-state index contributed by atoms with van der Waals surface area (Å²) in [7, 11) is 3.10. The second kappa shape index (κ2) is 9.34. The molecule has 1 aliphatic heterocycles. The zero-order chi connectivity index (χ0) is 23.3. The molecule has 0 radical (unpaired) electrons. The zero-order valence-electron chi connectivity index (χ0n) is 18.4. The molecule has 0 bridgehead atoms. The Morgan fingerprint density at radius 3 is 2.24 bits per heavy atom. The number of benzene rings is 3. The van der Waals surface area contributed by atoms with Gasteiger partial charge in [-0.2, -0.15) is 5.26 Å². The van der Waals surface area contributed by atoms with Crippen molar-refractivity contribution in [2.45, 2.75) is 12.0 Å². The van der Waals surface area contributed by atoms with E-state index in [-0.39, 0.29) is 12.3 Å². The van der Waals surface area contributed by atoms with Crippen molar-refractivity contribution < 1.29 is 14.3 Å². The largest absolute Gasteiger partial charge is 0.493 e. The highest BCUT2D eigenvalue weighted by Gasteiger charge is 2.44. The molecule has 5 nitrogen and oxygen atoms in total. The van der Waals surface area contributed by atoms with E-state index in [9.17, 15) is 10.1 Å². The summed E-state index contributed by atoms with van der Waals surface area (Å²) in [4.78, 5) is 15.0. The summed E-state index contributed by atoms with van der Waals surface area (Å²) in [5, 5.41) is 10.5. The van der Waals surface area contributed by atoms with Crippen LogP contribution in [0.15, 0.2) is 79.0 Å². The van der Waals surface area contributed by atoms with Gasteiger partial charge in [0, 0.05) is 22.9 Å². The van der Waals surface area contributed by atoms with Crippen LogP contribution in [0.4, 0.5) is 0 Å². The average Bonchev–Trinajstić information content (AvgIpc) is 2.88. The molecule has 0 unspecified atom stereocenters. The predicted octanol–water partition coefficient (Wildman–Crippen LogP) is 4.99. The maximum atomic E-state index is 13.5. The van der Waals surface area contributed by atoms with E-state index in [2.05, 4.69) is 17.9 Å². The van der Waals surface area contributed by atoms with Gasteiger partial charge < -0.3 is 9.47 Å². The Kier molecular flexibility index (Phi) is 6.15. The summed E-state index contributed by atoms with van der Waals surface area (Å²) in [6.45, 7) is 0. The SMILES string of the molecule is COc1cc2c(cc1OC)[C@](C#N)(CC#Cc1ccccc1)N(C(=O)c1ccccc1)C=C2. The summed E-state index contributed by atoms with van der Waals surface area (Å²) in [6.07, 6.45) is 3.57. The highest BCUT2D eigenvalue weighted by atomic mass is 16.5. The standard InChI is InChI=1S/C28H22N2O3/c1-32-25-18-23-15-17-30(27(31)22-13-7-4-8-14-22)28(20-29,24(23)19-26(25)33-2)16-9-12-21-10-5-3-6-11-21/h3-8,10-11,13-15,17-19H,16H2,1-2H3/t28-/m1/s1. The first-order valence-electron chi connectivity index (χ1n) is 10.4. The molecule has 1 aliphatic rings. The van der Waals surface area contributed by atoms with Gasteiger partial charge in [0.1, 0.15) is 0 Å². The van der Waals surface area contributed by atoms with E-state index < -0.39 is 5.54 Å². The van der Waals surface area contributed by atoms with Crippen molar-refractivity contribution in [3.63, 3.8) is 0 Å². The molecule has 1 amide bonds. The van der Waals surface area contributed by atoms with Crippen molar-refractivity contribution in [1.29, 1.82) is 5.26 Å². The van der Waals surface area contributed by atoms with Crippen LogP contribution in [0.25, 0.3) is 6.08 Å². The maximum Gasteiger partial charge on any atom is 0.259 e. The first-order valence-corrected chi connectivity index (χ1v) is 10.4. The molecule has 162 valence electrons. The third kappa shape index (κ3) is 4.05. The molecular weight excluding hydrogens is 412 g/mol. The van der Waals surface area contributed by atoms with Gasteiger partial charge in [-0.15, -0.1) is 0 Å². The number of hydrogen-bond donors (Lipinski definition) is 0. The van der Waals surface area contributed by atoms with Gasteiger partial charge in [0.15, 0.2) is 17.0 Å². The number of nitriles is 1. The summed E-state index contributed by atoms with van der Waals surface area (Å²) in [5.41, 5.74) is 1.38. The quantitative estimate of drug-likeness (QED) is 0.543. The third-order valence-corrected chi connectivity index (χ3v) is 5.59. The van der Waals surface area contributed by atoms with Crippen LogP contribution in [0.1, 0.15) is 33.5 Å². The zero-order valence-corrected chi connectivity index (χ0v) is 18.4. The second-order valence-electron chi connectivity index (χ2n) is 7.47. The lowest BCUT2D eigenvalue weighted by atomic mass is 9.80. The number of carbonyl (C=O) groups excluding carboxylic acids is 1. The number of rotatable bonds is 4. The fourth-order valence-corrected chi connectivity index (χ4v) is 3.89. The Labute approximate surface area is 193 Å².